The van der Waals surface area contributed by atoms with Crippen LogP contribution in [0.3, 0.4) is 0 Å². The van der Waals surface area contributed by atoms with E-state index in [2.05, 4.69) is 17.3 Å². The summed E-state index contributed by atoms with van der Waals surface area (Å²) in [6, 6.07) is 6.55. The highest BCUT2D eigenvalue weighted by Gasteiger charge is 2.19. The number of halogens is 1. The topological polar surface area (TPSA) is 32.3 Å². The fourth-order valence-corrected chi connectivity index (χ4v) is 2.44. The fraction of sp³-hybridized carbons (Fsp3) is 0.533. The maximum absolute atomic E-state index is 13.4. The number of amides is 1. The Bertz CT molecular complexity index is 428. The van der Waals surface area contributed by atoms with Gasteiger partial charge < -0.3 is 10.2 Å². The van der Waals surface area contributed by atoms with Crippen LogP contribution in [0.15, 0.2) is 24.3 Å². The SMILES string of the molecule is CN1CCC(CC(=O)NCc2ccccc2F)CC1. The number of rotatable bonds is 4. The predicted molar refractivity (Wildman–Crippen MR) is 73.1 cm³/mol. The van der Waals surface area contributed by atoms with Gasteiger partial charge in [-0.25, -0.2) is 4.39 Å². The Balaban J connectivity index is 1.74. The molecule has 1 saturated heterocycles. The minimum Gasteiger partial charge on any atom is -0.352 e. The van der Waals surface area contributed by atoms with Gasteiger partial charge in [-0.1, -0.05) is 18.2 Å². The summed E-state index contributed by atoms with van der Waals surface area (Å²) in [5, 5.41) is 2.81. The van der Waals surface area contributed by atoms with Gasteiger partial charge in [0.05, 0.1) is 0 Å². The predicted octanol–water partition coefficient (Wildman–Crippen LogP) is 2.17. The Morgan fingerprint density at radius 1 is 1.37 bits per heavy atom. The van der Waals surface area contributed by atoms with Crippen molar-refractivity contribution in [3.63, 3.8) is 0 Å². The number of likely N-dealkylation sites (tertiary alicyclic amines) is 1. The third kappa shape index (κ3) is 4.31. The van der Waals surface area contributed by atoms with Gasteiger partial charge in [0.15, 0.2) is 0 Å². The number of nitrogens with one attached hydrogen (secondary N) is 1. The van der Waals surface area contributed by atoms with Crippen LogP contribution in [0.25, 0.3) is 0 Å². The normalized spacial score (nSPS) is 17.4. The molecule has 1 aromatic carbocycles. The standard InChI is InChI=1S/C15H21FN2O/c1-18-8-6-12(7-9-18)10-15(19)17-11-13-4-2-3-5-14(13)16/h2-5,12H,6-11H2,1H3,(H,17,19). The maximum atomic E-state index is 13.4. The first-order valence-electron chi connectivity index (χ1n) is 6.84. The van der Waals surface area contributed by atoms with Gasteiger partial charge in [-0.05, 0) is 45.0 Å². The van der Waals surface area contributed by atoms with Gasteiger partial charge in [0.2, 0.25) is 5.91 Å². The van der Waals surface area contributed by atoms with Crippen molar-refractivity contribution in [3.8, 4) is 0 Å². The Labute approximate surface area is 113 Å². The molecule has 0 bridgehead atoms. The lowest BCUT2D eigenvalue weighted by atomic mass is 9.93. The Morgan fingerprint density at radius 3 is 2.74 bits per heavy atom. The van der Waals surface area contributed by atoms with E-state index in [1.165, 1.54) is 6.07 Å². The van der Waals surface area contributed by atoms with Crippen LogP contribution in [0.2, 0.25) is 0 Å². The highest BCUT2D eigenvalue weighted by Crippen LogP contribution is 2.19. The van der Waals surface area contributed by atoms with E-state index in [1.807, 2.05) is 0 Å². The molecule has 0 spiro atoms. The van der Waals surface area contributed by atoms with Gasteiger partial charge in [-0.15, -0.1) is 0 Å². The van der Waals surface area contributed by atoms with Crippen molar-refractivity contribution in [2.45, 2.75) is 25.8 Å². The largest absolute Gasteiger partial charge is 0.352 e. The molecular formula is C15H21FN2O. The molecule has 1 N–H and O–H groups in total. The van der Waals surface area contributed by atoms with Crippen LogP contribution in [0.1, 0.15) is 24.8 Å². The average Bonchev–Trinajstić information content (AvgIpc) is 2.40. The van der Waals surface area contributed by atoms with Crippen molar-refractivity contribution in [1.29, 1.82) is 0 Å². The highest BCUT2D eigenvalue weighted by molar-refractivity contribution is 5.76. The van der Waals surface area contributed by atoms with E-state index in [1.54, 1.807) is 18.2 Å². The van der Waals surface area contributed by atoms with Crippen molar-refractivity contribution in [2.24, 2.45) is 5.92 Å². The van der Waals surface area contributed by atoms with E-state index in [0.717, 1.165) is 25.9 Å². The van der Waals surface area contributed by atoms with Crippen molar-refractivity contribution >= 4 is 5.91 Å². The van der Waals surface area contributed by atoms with E-state index in [4.69, 9.17) is 0 Å². The molecule has 1 heterocycles. The highest BCUT2D eigenvalue weighted by atomic mass is 19.1. The molecule has 0 unspecified atom stereocenters. The third-order valence-electron chi connectivity index (χ3n) is 3.75. The maximum Gasteiger partial charge on any atom is 0.220 e. The Hall–Kier alpha value is -1.42. The van der Waals surface area contributed by atoms with Crippen molar-refractivity contribution in [3.05, 3.63) is 35.6 Å². The second-order valence-electron chi connectivity index (χ2n) is 5.32. The summed E-state index contributed by atoms with van der Waals surface area (Å²) in [6.07, 6.45) is 2.70. The van der Waals surface area contributed by atoms with Gasteiger partial charge in [0.25, 0.3) is 0 Å². The summed E-state index contributed by atoms with van der Waals surface area (Å²) < 4.78 is 13.4. The molecule has 19 heavy (non-hydrogen) atoms. The van der Waals surface area contributed by atoms with Gasteiger partial charge in [-0.2, -0.15) is 0 Å². The Morgan fingerprint density at radius 2 is 2.05 bits per heavy atom. The van der Waals surface area contributed by atoms with Crippen LogP contribution in [0, 0.1) is 11.7 Å². The second-order valence-corrected chi connectivity index (χ2v) is 5.32. The van der Waals surface area contributed by atoms with Gasteiger partial charge in [0.1, 0.15) is 5.82 Å². The lowest BCUT2D eigenvalue weighted by Crippen LogP contribution is -2.33. The number of piperidine rings is 1. The number of nitrogens with zero attached hydrogens (tertiary/aromatic N) is 1. The molecule has 4 heteroatoms. The minimum atomic E-state index is -0.262. The smallest absolute Gasteiger partial charge is 0.220 e. The average molecular weight is 264 g/mol. The van der Waals surface area contributed by atoms with Crippen LogP contribution < -0.4 is 5.32 Å². The molecule has 1 fully saturated rings. The van der Waals surface area contributed by atoms with Crippen molar-refractivity contribution in [2.75, 3.05) is 20.1 Å². The summed E-state index contributed by atoms with van der Waals surface area (Å²) in [4.78, 5) is 14.1. The molecule has 104 valence electrons. The molecule has 3 nitrogen and oxygen atoms in total. The van der Waals surface area contributed by atoms with Crippen LogP contribution in [-0.4, -0.2) is 30.9 Å². The first-order chi connectivity index (χ1) is 9.15. The fourth-order valence-electron chi connectivity index (χ4n) is 2.44. The molecule has 0 atom stereocenters. The van der Waals surface area contributed by atoms with E-state index in [0.29, 0.717) is 17.9 Å². The number of carbonyl (C=O) groups is 1. The molecular weight excluding hydrogens is 243 g/mol. The molecule has 1 amide bonds. The lowest BCUT2D eigenvalue weighted by Gasteiger charge is -2.28. The van der Waals surface area contributed by atoms with Crippen LogP contribution in [-0.2, 0) is 11.3 Å². The first-order valence-corrected chi connectivity index (χ1v) is 6.84. The van der Waals surface area contributed by atoms with E-state index >= 15 is 0 Å². The van der Waals surface area contributed by atoms with E-state index in [9.17, 15) is 9.18 Å². The van der Waals surface area contributed by atoms with Gasteiger partial charge >= 0.3 is 0 Å². The van der Waals surface area contributed by atoms with Gasteiger partial charge in [0, 0.05) is 18.5 Å². The quantitative estimate of drug-likeness (QED) is 0.904. The summed E-state index contributed by atoms with van der Waals surface area (Å²) >= 11 is 0. The monoisotopic (exact) mass is 264 g/mol. The van der Waals surface area contributed by atoms with Crippen LogP contribution in [0.5, 0.6) is 0 Å². The number of hydrogen-bond donors (Lipinski definition) is 1. The molecule has 0 aliphatic carbocycles. The molecule has 0 aromatic heterocycles. The summed E-state index contributed by atoms with van der Waals surface area (Å²) in [6.45, 7) is 2.40. The molecule has 2 rings (SSSR count). The summed E-state index contributed by atoms with van der Waals surface area (Å²) in [7, 11) is 2.11. The lowest BCUT2D eigenvalue weighted by molar-refractivity contribution is -0.122. The van der Waals surface area contributed by atoms with Crippen molar-refractivity contribution < 1.29 is 9.18 Å². The third-order valence-corrected chi connectivity index (χ3v) is 3.75. The minimum absolute atomic E-state index is 0.0257. The molecule has 1 aliphatic heterocycles. The molecule has 0 radical (unpaired) electrons. The van der Waals surface area contributed by atoms with Crippen molar-refractivity contribution in [1.82, 2.24) is 10.2 Å². The molecule has 1 aromatic rings. The van der Waals surface area contributed by atoms with Crippen LogP contribution >= 0.6 is 0 Å². The second kappa shape index (κ2) is 6.66. The summed E-state index contributed by atoms with van der Waals surface area (Å²) in [5.41, 5.74) is 0.541. The van der Waals surface area contributed by atoms with E-state index in [-0.39, 0.29) is 18.3 Å². The zero-order valence-electron chi connectivity index (χ0n) is 11.4. The van der Waals surface area contributed by atoms with Crippen LogP contribution in [0.4, 0.5) is 4.39 Å². The number of benzene rings is 1. The zero-order valence-corrected chi connectivity index (χ0v) is 11.4. The first kappa shape index (κ1) is 14.0. The van der Waals surface area contributed by atoms with Gasteiger partial charge in [-0.3, -0.25) is 4.79 Å². The summed E-state index contributed by atoms with van der Waals surface area (Å²) in [5.74, 6) is 0.233. The molecule has 0 saturated carbocycles. The number of carbonyl (C=O) groups excluding carboxylic acids is 1. The Kier molecular flexibility index (Phi) is 4.91. The molecule has 1 aliphatic rings. The van der Waals surface area contributed by atoms with E-state index < -0.39 is 0 Å². The number of hydrogen-bond acceptors (Lipinski definition) is 2. The zero-order chi connectivity index (χ0) is 13.7.